The first kappa shape index (κ1) is 107. The first-order valence-electron chi connectivity index (χ1n) is 43.0. The number of aromatic amines is 1. The quantitative estimate of drug-likeness (QED) is 0.0122. The summed E-state index contributed by atoms with van der Waals surface area (Å²) in [6, 6.07) is 1.78. The molecule has 133 heavy (non-hydrogen) atoms. The molecule has 45 nitrogen and oxygen atoms in total. The number of aromatic nitrogens is 2. The molecule has 1 aliphatic rings. The number of hydrogen-bond acceptors (Lipinski definition) is 25. The summed E-state index contributed by atoms with van der Waals surface area (Å²) >= 11 is 0.696. The summed E-state index contributed by atoms with van der Waals surface area (Å²) in [6.45, 7) is 7.40. The lowest BCUT2D eigenvalue weighted by atomic mass is 9.95. The molecule has 29 N–H and O–H groups in total. The zero-order valence-corrected chi connectivity index (χ0v) is 75.2. The average molecular weight is 1870 g/mol. The number of phenolic OH excluding ortho intramolecular Hbond substituents is 4. The van der Waals surface area contributed by atoms with E-state index in [0.29, 0.717) is 34.0 Å². The van der Waals surface area contributed by atoms with Crippen molar-refractivity contribution in [3.63, 3.8) is 0 Å². The number of primary amides is 2. The highest BCUT2D eigenvalue weighted by molar-refractivity contribution is 8.00. The number of carboxylic acid groups (broad SMARTS) is 1. The van der Waals surface area contributed by atoms with Gasteiger partial charge in [0.1, 0.15) is 95.5 Å². The number of imidazole rings is 1. The van der Waals surface area contributed by atoms with Crippen LogP contribution in [0.2, 0.25) is 0 Å². The molecule has 4 aromatic carbocycles. The molecule has 1 fully saturated rings. The molecule has 722 valence electrons. The van der Waals surface area contributed by atoms with Gasteiger partial charge in [0.05, 0.1) is 37.4 Å². The topological polar surface area (TPSA) is 731 Å². The van der Waals surface area contributed by atoms with Gasteiger partial charge < -0.3 is 133 Å². The number of carbonyl (C=O) groups excluding carboxylic acids is 17. The van der Waals surface area contributed by atoms with Crippen LogP contribution in [0.15, 0.2) is 110 Å². The minimum atomic E-state index is -1.80. The Bertz CT molecular complexity index is 4860. The zero-order chi connectivity index (χ0) is 98.1. The predicted molar refractivity (Wildman–Crippen MR) is 481 cm³/mol. The highest BCUT2D eigenvalue weighted by Crippen LogP contribution is 2.21. The largest absolute Gasteiger partial charge is 0.508 e. The number of amides is 17. The third kappa shape index (κ3) is 38.9. The van der Waals surface area contributed by atoms with Crippen molar-refractivity contribution in [3.05, 3.63) is 138 Å². The fourth-order valence-electron chi connectivity index (χ4n) is 13.6. The van der Waals surface area contributed by atoms with E-state index in [4.69, 9.17) is 22.6 Å². The molecular formula is C87H120N22O23S. The molecule has 17 amide bonds. The van der Waals surface area contributed by atoms with Crippen molar-refractivity contribution in [2.24, 2.45) is 35.0 Å². The number of hydrogen-bond donors (Lipinski definition) is 26. The number of benzene rings is 4. The van der Waals surface area contributed by atoms with Crippen LogP contribution in [0.25, 0.3) is 0 Å². The fraction of sp³-hybridized carbons (Fsp3) is 0.471. The van der Waals surface area contributed by atoms with Crippen molar-refractivity contribution in [2.75, 3.05) is 37.7 Å². The number of phenols is 4. The Morgan fingerprint density at radius 2 is 0.797 bits per heavy atom. The van der Waals surface area contributed by atoms with Gasteiger partial charge in [0, 0.05) is 63.4 Å². The van der Waals surface area contributed by atoms with Gasteiger partial charge in [0.2, 0.25) is 100 Å². The third-order valence-corrected chi connectivity index (χ3v) is 21.8. The number of carboxylic acids is 1. The highest BCUT2D eigenvalue weighted by Gasteiger charge is 2.39. The molecule has 1 saturated heterocycles. The lowest BCUT2D eigenvalue weighted by molar-refractivity contribution is -0.138. The van der Waals surface area contributed by atoms with Crippen molar-refractivity contribution in [2.45, 2.75) is 204 Å². The second-order valence-electron chi connectivity index (χ2n) is 32.8. The summed E-state index contributed by atoms with van der Waals surface area (Å²) in [7, 11) is 0. The van der Waals surface area contributed by atoms with Crippen LogP contribution in [-0.4, -0.2) is 258 Å². The highest BCUT2D eigenvalue weighted by atomic mass is 32.2. The maximum absolute atomic E-state index is 15.4. The normalized spacial score (nSPS) is 22.1. The van der Waals surface area contributed by atoms with Crippen molar-refractivity contribution in [3.8, 4) is 23.0 Å². The molecule has 0 aliphatic carbocycles. The molecule has 0 unspecified atom stereocenters. The van der Waals surface area contributed by atoms with Crippen LogP contribution in [0.5, 0.6) is 23.0 Å². The molecule has 1 aromatic heterocycles. The maximum Gasteiger partial charge on any atom is 0.303 e. The first-order valence-corrected chi connectivity index (χ1v) is 44.1. The van der Waals surface area contributed by atoms with Gasteiger partial charge >= 0.3 is 5.97 Å². The van der Waals surface area contributed by atoms with E-state index in [1.165, 1.54) is 110 Å². The van der Waals surface area contributed by atoms with Gasteiger partial charge in [0.25, 0.3) is 0 Å². The van der Waals surface area contributed by atoms with Crippen LogP contribution in [0.4, 0.5) is 0 Å². The van der Waals surface area contributed by atoms with E-state index in [1.54, 1.807) is 41.5 Å². The Labute approximate surface area is 769 Å². The second-order valence-corrected chi connectivity index (χ2v) is 33.8. The van der Waals surface area contributed by atoms with Crippen molar-refractivity contribution in [1.82, 2.24) is 95.0 Å². The third-order valence-electron chi connectivity index (χ3n) is 20.8. The Balaban J connectivity index is 1.47. The molecule has 0 spiro atoms. The van der Waals surface area contributed by atoms with Gasteiger partial charge in [0.15, 0.2) is 5.96 Å². The summed E-state index contributed by atoms with van der Waals surface area (Å²) in [5.74, 6) is -22.9. The second kappa shape index (κ2) is 54.1. The number of nitrogens with zero attached hydrogens (tertiary/aromatic N) is 1. The smallest absolute Gasteiger partial charge is 0.303 e. The van der Waals surface area contributed by atoms with Crippen LogP contribution >= 0.6 is 11.8 Å². The molecule has 6 rings (SSSR count). The summed E-state index contributed by atoms with van der Waals surface area (Å²) in [6.07, 6.45) is -2.19. The van der Waals surface area contributed by atoms with Crippen LogP contribution in [0.3, 0.4) is 0 Å². The van der Waals surface area contributed by atoms with Gasteiger partial charge in [-0.05, 0) is 127 Å². The molecule has 1 aliphatic heterocycles. The molecule has 0 saturated carbocycles. The summed E-state index contributed by atoms with van der Waals surface area (Å²) in [4.78, 5) is 263. The molecule has 2 heterocycles. The summed E-state index contributed by atoms with van der Waals surface area (Å²) in [5.41, 5.74) is 18.0. The lowest BCUT2D eigenvalue weighted by Crippen LogP contribution is -2.62. The van der Waals surface area contributed by atoms with E-state index in [2.05, 4.69) is 95.0 Å². The van der Waals surface area contributed by atoms with Crippen LogP contribution < -0.4 is 102 Å². The minimum absolute atomic E-state index is 0.00944. The number of carbonyl (C=O) groups is 18. The van der Waals surface area contributed by atoms with Crippen molar-refractivity contribution in [1.29, 1.82) is 5.41 Å². The number of nitrogens with one attached hydrogen (secondary N) is 18. The number of guanidine groups is 1. The Kier molecular flexibility index (Phi) is 43.6. The molecular weight excluding hydrogens is 1750 g/mol. The van der Waals surface area contributed by atoms with Gasteiger partial charge in [-0.15, -0.1) is 11.8 Å². The minimum Gasteiger partial charge on any atom is -0.508 e. The van der Waals surface area contributed by atoms with E-state index in [-0.39, 0.29) is 92.0 Å². The predicted octanol–water partition coefficient (Wildman–Crippen LogP) is -4.32. The molecule has 0 radical (unpaired) electrons. The van der Waals surface area contributed by atoms with E-state index < -0.39 is 267 Å². The van der Waals surface area contributed by atoms with Gasteiger partial charge in [-0.3, -0.25) is 91.7 Å². The molecule has 5 aromatic rings. The van der Waals surface area contributed by atoms with E-state index in [1.807, 2.05) is 0 Å². The number of thioether (sulfide) groups is 1. The Hall–Kier alpha value is -14.6. The van der Waals surface area contributed by atoms with Crippen molar-refractivity contribution >= 4 is 124 Å². The summed E-state index contributed by atoms with van der Waals surface area (Å²) < 4.78 is 0. The standard InChI is InChI=1S/C87H120N22O23S/c1-7-47(6)74-86(132)108-61(32-46(4)5)81(127)104-62(33-48-10-18-53(110)19-11-48)76(122)96-40-70(116)98-58(27-29-73(119)120)78(124)103-60(31-45(2)3)75(121)95-41-71(117)100-67(77(123)94-39-69(89)115)42-133-43-72(118)99-63(34-49-12-20-54(111)21-13-49)82(128)102-59(26-28-68(88)114)79(125)107-66(37-52-38-92-44-97-52)85(131)106-65(36-51-16-24-56(113)25-17-51)84(130)105-64(35-50-14-22-55(112)23-15-50)83(129)101-57(80(126)109-74)9-8-30-93-87(90)91/h10-25,38,44-47,57-67,74,110-113H,7-9,26-37,39-43H2,1-6H3,(H2,88,114)(H2,89,115)(H,92,97)(H,94,123)(H,95,121)(H,96,122)(H,98,116)(H,99,118)(H,100,117)(H,101,129)(H,102,128)(H,103,124)(H,104,127)(H,105,130)(H,106,131)(H,107,125)(H,108,132)(H,109,126)(H,119,120)(H4,90,91,93)/t47-,57-,58-,59-,60-,61-,62-,63-,64-,65-,66-,67-,74-/m0/s1. The zero-order valence-electron chi connectivity index (χ0n) is 74.4. The van der Waals surface area contributed by atoms with E-state index in [0.717, 1.165) is 0 Å². The van der Waals surface area contributed by atoms with Crippen LogP contribution in [0.1, 0.15) is 127 Å². The number of nitrogens with two attached hydrogens (primary N) is 3. The lowest BCUT2D eigenvalue weighted by Gasteiger charge is -2.30. The number of aromatic hydroxyl groups is 4. The molecule has 46 heteroatoms. The summed E-state index contributed by atoms with van der Waals surface area (Å²) in [5, 5.41) is 99.4. The average Bonchev–Trinajstić information content (AvgIpc) is 1.20. The fourth-order valence-corrected chi connectivity index (χ4v) is 14.5. The Morgan fingerprint density at radius 3 is 1.22 bits per heavy atom. The molecule has 0 bridgehead atoms. The SMILES string of the molecule is CC[C@H](C)[C@@H]1NC(=O)[C@H](CCCNC(=N)N)NC(=O)[C@H](Cc2ccc(O)cc2)NC(=O)[C@H](Cc2ccc(O)cc2)NC(=O)[C@H](Cc2c[nH]cn2)NC(=O)[C@H](CCC(N)=O)NC(=O)[C@H](Cc2ccc(O)cc2)NC(=O)CSC[C@@H](C(=O)NCC(N)=O)NC(=O)CNC(=O)[C@H](CC(C)C)NC(=O)[C@H](CCC(=O)O)NC(=O)CNC(=O)[C@H](Cc2ccc(O)cc2)NC(=O)[C@H](CC(C)C)NC1=O. The van der Waals surface area contributed by atoms with Crippen molar-refractivity contribution < 1.29 is 112 Å². The van der Waals surface area contributed by atoms with E-state index >= 15 is 28.8 Å². The van der Waals surface area contributed by atoms with Gasteiger partial charge in [-0.2, -0.15) is 0 Å². The molecule has 13 atom stereocenters. The van der Waals surface area contributed by atoms with E-state index in [9.17, 15) is 83.1 Å². The van der Waals surface area contributed by atoms with Gasteiger partial charge in [-0.1, -0.05) is 96.5 Å². The maximum atomic E-state index is 15.4. The van der Waals surface area contributed by atoms with Gasteiger partial charge in [-0.25, -0.2) is 4.98 Å². The Morgan fingerprint density at radius 1 is 0.436 bits per heavy atom. The van der Waals surface area contributed by atoms with Crippen LogP contribution in [-0.2, 0) is 118 Å². The van der Waals surface area contributed by atoms with Crippen LogP contribution in [0, 0.1) is 23.2 Å². The monoisotopic (exact) mass is 1870 g/mol. The number of aliphatic carboxylic acids is 1. The number of rotatable bonds is 29. The number of H-pyrrole nitrogens is 1. The first-order chi connectivity index (χ1) is 63.0.